The smallest absolute Gasteiger partial charge is 0.166 e. The number of morpholine rings is 1. The number of hydrogen-bond acceptors (Lipinski definition) is 5. The first-order valence-electron chi connectivity index (χ1n) is 6.39. The van der Waals surface area contributed by atoms with Crippen LogP contribution in [0.2, 0.25) is 0 Å². The summed E-state index contributed by atoms with van der Waals surface area (Å²) < 4.78 is 11.4. The third-order valence-electron chi connectivity index (χ3n) is 3.12. The molecule has 0 saturated carbocycles. The first kappa shape index (κ1) is 13.1. The van der Waals surface area contributed by atoms with E-state index in [9.17, 15) is 0 Å². The van der Waals surface area contributed by atoms with E-state index < -0.39 is 0 Å². The van der Waals surface area contributed by atoms with E-state index in [2.05, 4.69) is 16.8 Å². The summed E-state index contributed by atoms with van der Waals surface area (Å²) >= 11 is 0. The third kappa shape index (κ3) is 3.34. The Bertz CT molecular complexity index is 398. The molecule has 0 aromatic carbocycles. The first-order chi connectivity index (χ1) is 8.69. The number of pyridine rings is 1. The number of nitrogen functional groups attached to an aromatic ring is 1. The molecule has 1 fully saturated rings. The zero-order chi connectivity index (χ0) is 13.0. The normalized spacial score (nSPS) is 20.9. The first-order valence-corrected chi connectivity index (χ1v) is 6.39. The lowest BCUT2D eigenvalue weighted by molar-refractivity contribution is -0.0463. The number of aryl methyl sites for hydroxylation is 1. The van der Waals surface area contributed by atoms with E-state index in [1.807, 2.05) is 19.1 Å². The zero-order valence-electron chi connectivity index (χ0n) is 11.1. The quantitative estimate of drug-likeness (QED) is 0.867. The van der Waals surface area contributed by atoms with Crippen LogP contribution in [0.15, 0.2) is 12.1 Å². The summed E-state index contributed by atoms with van der Waals surface area (Å²) in [4.78, 5) is 6.53. The number of ether oxygens (including phenoxy) is 2. The minimum Gasteiger partial charge on any atom is -0.487 e. The Morgan fingerprint density at radius 1 is 1.56 bits per heavy atom. The number of rotatable bonds is 4. The fourth-order valence-electron chi connectivity index (χ4n) is 2.04. The van der Waals surface area contributed by atoms with Crippen molar-refractivity contribution in [2.75, 3.05) is 38.6 Å². The van der Waals surface area contributed by atoms with E-state index in [0.717, 1.165) is 31.9 Å². The van der Waals surface area contributed by atoms with Crippen LogP contribution in [0, 0.1) is 6.92 Å². The zero-order valence-corrected chi connectivity index (χ0v) is 11.1. The lowest BCUT2D eigenvalue weighted by Gasteiger charge is -2.31. The summed E-state index contributed by atoms with van der Waals surface area (Å²) in [5.74, 6) is 1.08. The van der Waals surface area contributed by atoms with Gasteiger partial charge in [0.25, 0.3) is 0 Å². The maximum absolute atomic E-state index is 5.80. The average molecular weight is 251 g/mol. The summed E-state index contributed by atoms with van der Waals surface area (Å²) in [5.41, 5.74) is 6.70. The molecule has 2 rings (SSSR count). The Balaban J connectivity index is 1.87. The fourth-order valence-corrected chi connectivity index (χ4v) is 2.04. The van der Waals surface area contributed by atoms with Crippen LogP contribution in [-0.2, 0) is 4.74 Å². The van der Waals surface area contributed by atoms with Crippen LogP contribution < -0.4 is 10.5 Å². The van der Waals surface area contributed by atoms with Crippen LogP contribution in [0.4, 0.5) is 5.82 Å². The molecule has 1 unspecified atom stereocenters. The molecule has 1 aromatic heterocycles. The molecule has 0 bridgehead atoms. The Morgan fingerprint density at radius 3 is 3.11 bits per heavy atom. The van der Waals surface area contributed by atoms with Gasteiger partial charge in [0.15, 0.2) is 11.6 Å². The predicted molar refractivity (Wildman–Crippen MR) is 70.7 cm³/mol. The van der Waals surface area contributed by atoms with Crippen LogP contribution in [-0.4, -0.2) is 48.8 Å². The van der Waals surface area contributed by atoms with Crippen molar-refractivity contribution in [3.05, 3.63) is 17.8 Å². The Hall–Kier alpha value is -1.33. The van der Waals surface area contributed by atoms with Gasteiger partial charge in [-0.15, -0.1) is 0 Å². The second-order valence-corrected chi connectivity index (χ2v) is 4.53. The van der Waals surface area contributed by atoms with Crippen LogP contribution in [0.5, 0.6) is 5.75 Å². The number of hydrogen-bond donors (Lipinski definition) is 1. The van der Waals surface area contributed by atoms with Gasteiger partial charge in [0.1, 0.15) is 12.7 Å². The van der Waals surface area contributed by atoms with E-state index in [1.54, 1.807) is 0 Å². The standard InChI is InChI=1S/C13H21N3O2/c1-3-16-6-7-17-11(8-16)9-18-12-5-4-10(2)15-13(12)14/h4-5,11H,3,6-9H2,1-2H3,(H2,14,15). The molecule has 0 spiro atoms. The van der Waals surface area contributed by atoms with Gasteiger partial charge in [0, 0.05) is 18.8 Å². The lowest BCUT2D eigenvalue weighted by atomic mass is 10.3. The van der Waals surface area contributed by atoms with Crippen LogP contribution in [0.3, 0.4) is 0 Å². The summed E-state index contributed by atoms with van der Waals surface area (Å²) in [6.45, 7) is 8.31. The fraction of sp³-hybridized carbons (Fsp3) is 0.615. The summed E-state index contributed by atoms with van der Waals surface area (Å²) in [6.07, 6.45) is 0.111. The van der Waals surface area contributed by atoms with E-state index >= 15 is 0 Å². The Kier molecular flexibility index (Phi) is 4.38. The van der Waals surface area contributed by atoms with E-state index in [-0.39, 0.29) is 6.10 Å². The third-order valence-corrected chi connectivity index (χ3v) is 3.12. The number of anilines is 1. The molecule has 1 aliphatic rings. The molecule has 1 aliphatic heterocycles. The highest BCUT2D eigenvalue weighted by Crippen LogP contribution is 2.19. The van der Waals surface area contributed by atoms with Gasteiger partial charge in [-0.1, -0.05) is 6.92 Å². The summed E-state index contributed by atoms with van der Waals surface area (Å²) in [5, 5.41) is 0. The molecule has 5 heteroatoms. The number of nitrogens with two attached hydrogens (primary N) is 1. The van der Waals surface area contributed by atoms with Gasteiger partial charge in [-0.2, -0.15) is 0 Å². The van der Waals surface area contributed by atoms with Crippen LogP contribution in [0.25, 0.3) is 0 Å². The van der Waals surface area contributed by atoms with E-state index in [1.165, 1.54) is 0 Å². The average Bonchev–Trinajstić information content (AvgIpc) is 2.38. The highest BCUT2D eigenvalue weighted by atomic mass is 16.5. The van der Waals surface area contributed by atoms with Crippen molar-refractivity contribution in [1.82, 2.24) is 9.88 Å². The summed E-state index contributed by atoms with van der Waals surface area (Å²) in [6, 6.07) is 3.75. The van der Waals surface area contributed by atoms with Crippen molar-refractivity contribution in [2.24, 2.45) is 0 Å². The SMILES string of the molecule is CCN1CCOC(COc2ccc(C)nc2N)C1. The molecule has 1 atom stereocenters. The largest absolute Gasteiger partial charge is 0.487 e. The van der Waals surface area contributed by atoms with Gasteiger partial charge in [-0.25, -0.2) is 4.98 Å². The molecule has 100 valence electrons. The van der Waals surface area contributed by atoms with Crippen molar-refractivity contribution in [2.45, 2.75) is 20.0 Å². The predicted octanol–water partition coefficient (Wildman–Crippen LogP) is 1.07. The van der Waals surface area contributed by atoms with Crippen molar-refractivity contribution < 1.29 is 9.47 Å². The van der Waals surface area contributed by atoms with E-state index in [4.69, 9.17) is 15.2 Å². The van der Waals surface area contributed by atoms with Crippen LogP contribution in [0.1, 0.15) is 12.6 Å². The molecule has 1 saturated heterocycles. The second-order valence-electron chi connectivity index (χ2n) is 4.53. The van der Waals surface area contributed by atoms with Gasteiger partial charge in [-0.05, 0) is 25.6 Å². The molecular weight excluding hydrogens is 230 g/mol. The maximum Gasteiger partial charge on any atom is 0.166 e. The molecule has 0 aliphatic carbocycles. The molecular formula is C13H21N3O2. The number of aromatic nitrogens is 1. The topological polar surface area (TPSA) is 60.6 Å². The molecule has 2 heterocycles. The molecule has 2 N–H and O–H groups in total. The van der Waals surface area contributed by atoms with E-state index in [0.29, 0.717) is 18.2 Å². The Morgan fingerprint density at radius 2 is 2.39 bits per heavy atom. The number of likely N-dealkylation sites (N-methyl/N-ethyl adjacent to an activating group) is 1. The molecule has 18 heavy (non-hydrogen) atoms. The highest BCUT2D eigenvalue weighted by Gasteiger charge is 2.20. The lowest BCUT2D eigenvalue weighted by Crippen LogP contribution is -2.44. The molecule has 5 nitrogen and oxygen atoms in total. The minimum atomic E-state index is 0.111. The number of nitrogens with zero attached hydrogens (tertiary/aromatic N) is 2. The van der Waals surface area contributed by atoms with Crippen molar-refractivity contribution in [3.63, 3.8) is 0 Å². The van der Waals surface area contributed by atoms with Gasteiger partial charge in [0.05, 0.1) is 6.61 Å². The molecule has 0 radical (unpaired) electrons. The maximum atomic E-state index is 5.80. The van der Waals surface area contributed by atoms with Gasteiger partial charge in [-0.3, -0.25) is 4.90 Å². The monoisotopic (exact) mass is 251 g/mol. The summed E-state index contributed by atoms with van der Waals surface area (Å²) in [7, 11) is 0. The van der Waals surface area contributed by atoms with Crippen molar-refractivity contribution >= 4 is 5.82 Å². The van der Waals surface area contributed by atoms with Gasteiger partial charge >= 0.3 is 0 Å². The minimum absolute atomic E-state index is 0.111. The molecule has 1 aromatic rings. The van der Waals surface area contributed by atoms with Gasteiger partial charge < -0.3 is 15.2 Å². The van der Waals surface area contributed by atoms with Crippen molar-refractivity contribution in [3.8, 4) is 5.75 Å². The molecule has 0 amide bonds. The Labute approximate surface area is 108 Å². The highest BCUT2D eigenvalue weighted by molar-refractivity contribution is 5.46. The van der Waals surface area contributed by atoms with Crippen LogP contribution >= 0.6 is 0 Å². The van der Waals surface area contributed by atoms with Gasteiger partial charge in [0.2, 0.25) is 0 Å². The van der Waals surface area contributed by atoms with Crippen molar-refractivity contribution in [1.29, 1.82) is 0 Å². The second kappa shape index (κ2) is 6.02.